The van der Waals surface area contributed by atoms with Crippen LogP contribution >= 0.6 is 0 Å². The van der Waals surface area contributed by atoms with Gasteiger partial charge in [0.2, 0.25) is 17.7 Å². The number of hydrogen-bond donors (Lipinski definition) is 3. The van der Waals surface area contributed by atoms with Gasteiger partial charge >= 0.3 is 6.09 Å². The number of carbonyl (C=O) groups excluding carboxylic acids is 5. The lowest BCUT2D eigenvalue weighted by Crippen LogP contribution is -2.55. The van der Waals surface area contributed by atoms with Crippen molar-refractivity contribution in [3.8, 4) is 0 Å². The number of benzene rings is 2. The number of Topliss-reactive ketones (excluding diaryl/α,β-unsaturated/α-hetero) is 1. The molecule has 10 nitrogen and oxygen atoms in total. The summed E-state index contributed by atoms with van der Waals surface area (Å²) in [4.78, 5) is 65.1. The summed E-state index contributed by atoms with van der Waals surface area (Å²) in [6, 6.07) is 16.3. The number of carbonyl (C=O) groups is 5. The largest absolute Gasteiger partial charge is 0.445 e. The molecular formula is C30H36N4O6. The quantitative estimate of drug-likeness (QED) is 0.372. The minimum atomic E-state index is -0.901. The molecular weight excluding hydrogens is 512 g/mol. The van der Waals surface area contributed by atoms with E-state index < -0.39 is 41.9 Å². The highest BCUT2D eigenvalue weighted by Crippen LogP contribution is 2.31. The van der Waals surface area contributed by atoms with Gasteiger partial charge in [-0.1, -0.05) is 60.7 Å². The number of hydrogen-bond acceptors (Lipinski definition) is 6. The standard InChI is InChI=1S/C30H36N4O6/c1-20(28(37)33-24(27(36)23-14-15-23)17-21-9-4-2-5-10-21)32-29(38)25-13-8-16-34(25)26(35)18-31-30(39)40-19-22-11-6-3-7-12-22/h2-7,9-12,20,23-25H,8,13-19H2,1H3,(H,31,39)(H,32,38)(H,33,37). The molecule has 2 aromatic carbocycles. The molecule has 1 saturated carbocycles. The number of alkyl carbamates (subject to hydrolysis) is 1. The van der Waals surface area contributed by atoms with Crippen LogP contribution in [0.25, 0.3) is 0 Å². The molecule has 2 aliphatic rings. The van der Waals surface area contributed by atoms with E-state index in [4.69, 9.17) is 4.74 Å². The Bertz CT molecular complexity index is 1200. The molecule has 40 heavy (non-hydrogen) atoms. The van der Waals surface area contributed by atoms with E-state index in [1.807, 2.05) is 60.7 Å². The lowest BCUT2D eigenvalue weighted by atomic mass is 9.99. The van der Waals surface area contributed by atoms with E-state index in [1.54, 1.807) is 6.92 Å². The van der Waals surface area contributed by atoms with E-state index >= 15 is 0 Å². The average Bonchev–Trinajstić information content (AvgIpc) is 3.70. The van der Waals surface area contributed by atoms with E-state index in [1.165, 1.54) is 4.90 Å². The second kappa shape index (κ2) is 13.7. The lowest BCUT2D eigenvalue weighted by molar-refractivity contribution is -0.139. The molecule has 10 heteroatoms. The fourth-order valence-electron chi connectivity index (χ4n) is 4.76. The van der Waals surface area contributed by atoms with Crippen molar-refractivity contribution in [3.05, 3.63) is 71.8 Å². The molecule has 212 valence electrons. The van der Waals surface area contributed by atoms with Crippen LogP contribution in [0.3, 0.4) is 0 Å². The van der Waals surface area contributed by atoms with Crippen LogP contribution < -0.4 is 16.0 Å². The molecule has 1 aliphatic carbocycles. The van der Waals surface area contributed by atoms with Crippen molar-refractivity contribution < 1.29 is 28.7 Å². The number of rotatable bonds is 12. The van der Waals surface area contributed by atoms with E-state index in [9.17, 15) is 24.0 Å². The topological polar surface area (TPSA) is 134 Å². The van der Waals surface area contributed by atoms with Gasteiger partial charge in [0, 0.05) is 12.5 Å². The Balaban J connectivity index is 1.25. The Labute approximate surface area is 233 Å². The molecule has 1 saturated heterocycles. The fraction of sp³-hybridized carbons (Fsp3) is 0.433. The van der Waals surface area contributed by atoms with Crippen LogP contribution in [0.1, 0.15) is 43.7 Å². The van der Waals surface area contributed by atoms with Gasteiger partial charge in [-0.05, 0) is 50.2 Å². The molecule has 3 N–H and O–H groups in total. The second-order valence-corrected chi connectivity index (χ2v) is 10.3. The normalized spacial score (nSPS) is 17.8. The number of ether oxygens (including phenoxy) is 1. The van der Waals surface area contributed by atoms with Crippen LogP contribution in [-0.4, -0.2) is 65.7 Å². The van der Waals surface area contributed by atoms with Crippen molar-refractivity contribution >= 4 is 29.6 Å². The maximum Gasteiger partial charge on any atom is 0.407 e. The zero-order valence-corrected chi connectivity index (χ0v) is 22.6. The molecule has 0 bridgehead atoms. The lowest BCUT2D eigenvalue weighted by Gasteiger charge is -2.26. The Hall–Kier alpha value is -4.21. The Morgan fingerprint density at radius 1 is 0.900 bits per heavy atom. The van der Waals surface area contributed by atoms with Gasteiger partial charge in [-0.3, -0.25) is 19.2 Å². The van der Waals surface area contributed by atoms with Crippen LogP contribution in [-0.2, 0) is 36.9 Å². The third-order valence-corrected chi connectivity index (χ3v) is 7.15. The van der Waals surface area contributed by atoms with Gasteiger partial charge in [0.1, 0.15) is 25.2 Å². The molecule has 4 amide bonds. The first kappa shape index (κ1) is 28.8. The predicted molar refractivity (Wildman–Crippen MR) is 147 cm³/mol. The third kappa shape index (κ3) is 8.14. The molecule has 0 aromatic heterocycles. The molecule has 3 unspecified atom stereocenters. The molecule has 4 rings (SSSR count). The SMILES string of the molecule is CC(NC(=O)C1CCCN1C(=O)CNC(=O)OCc1ccccc1)C(=O)NC(Cc1ccccc1)C(=O)C1CC1. The third-order valence-electron chi connectivity index (χ3n) is 7.15. The monoisotopic (exact) mass is 548 g/mol. The molecule has 2 fully saturated rings. The minimum Gasteiger partial charge on any atom is -0.445 e. The minimum absolute atomic E-state index is 0.0121. The van der Waals surface area contributed by atoms with Gasteiger partial charge in [0.05, 0.1) is 6.04 Å². The first-order chi connectivity index (χ1) is 19.3. The van der Waals surface area contributed by atoms with Gasteiger partial charge in [0.25, 0.3) is 0 Å². The van der Waals surface area contributed by atoms with Crippen molar-refractivity contribution in [2.45, 2.75) is 63.8 Å². The van der Waals surface area contributed by atoms with Crippen LogP contribution in [0.15, 0.2) is 60.7 Å². The van der Waals surface area contributed by atoms with E-state index in [-0.39, 0.29) is 24.9 Å². The highest BCUT2D eigenvalue weighted by Gasteiger charge is 2.38. The number of nitrogens with zero attached hydrogens (tertiary/aromatic N) is 1. The summed E-state index contributed by atoms with van der Waals surface area (Å²) in [6.07, 6.45) is 2.39. The summed E-state index contributed by atoms with van der Waals surface area (Å²) >= 11 is 0. The van der Waals surface area contributed by atoms with Crippen molar-refractivity contribution in [1.82, 2.24) is 20.9 Å². The number of nitrogens with one attached hydrogen (secondary N) is 3. The Morgan fingerprint density at radius 2 is 1.55 bits per heavy atom. The molecule has 2 aromatic rings. The summed E-state index contributed by atoms with van der Waals surface area (Å²) < 4.78 is 5.13. The molecule has 1 heterocycles. The van der Waals surface area contributed by atoms with Gasteiger partial charge in [-0.25, -0.2) is 4.79 Å². The van der Waals surface area contributed by atoms with Gasteiger partial charge < -0.3 is 25.6 Å². The van der Waals surface area contributed by atoms with E-state index in [2.05, 4.69) is 16.0 Å². The fourth-order valence-corrected chi connectivity index (χ4v) is 4.76. The first-order valence-corrected chi connectivity index (χ1v) is 13.7. The smallest absolute Gasteiger partial charge is 0.407 e. The van der Waals surface area contributed by atoms with Crippen LogP contribution in [0.2, 0.25) is 0 Å². The second-order valence-electron chi connectivity index (χ2n) is 10.3. The Morgan fingerprint density at radius 3 is 2.20 bits per heavy atom. The maximum atomic E-state index is 13.0. The summed E-state index contributed by atoms with van der Waals surface area (Å²) in [5.74, 6) is -1.33. The zero-order chi connectivity index (χ0) is 28.5. The summed E-state index contributed by atoms with van der Waals surface area (Å²) in [5.41, 5.74) is 1.76. The number of likely N-dealkylation sites (tertiary alicyclic amines) is 1. The van der Waals surface area contributed by atoms with Crippen molar-refractivity contribution in [2.24, 2.45) is 5.92 Å². The molecule has 1 aliphatic heterocycles. The number of ketones is 1. The van der Waals surface area contributed by atoms with Gasteiger partial charge in [-0.15, -0.1) is 0 Å². The number of amides is 4. The van der Waals surface area contributed by atoms with E-state index in [0.29, 0.717) is 25.8 Å². The molecule has 0 spiro atoms. The van der Waals surface area contributed by atoms with Crippen molar-refractivity contribution in [3.63, 3.8) is 0 Å². The predicted octanol–water partition coefficient (Wildman–Crippen LogP) is 2.12. The molecule has 3 atom stereocenters. The highest BCUT2D eigenvalue weighted by molar-refractivity contribution is 5.96. The maximum absolute atomic E-state index is 13.0. The highest BCUT2D eigenvalue weighted by atomic mass is 16.5. The van der Waals surface area contributed by atoms with Crippen molar-refractivity contribution in [1.29, 1.82) is 0 Å². The summed E-state index contributed by atoms with van der Waals surface area (Å²) in [5, 5.41) is 7.96. The van der Waals surface area contributed by atoms with Crippen LogP contribution in [0.5, 0.6) is 0 Å². The average molecular weight is 549 g/mol. The van der Waals surface area contributed by atoms with Crippen molar-refractivity contribution in [2.75, 3.05) is 13.1 Å². The van der Waals surface area contributed by atoms with Gasteiger partial charge in [-0.2, -0.15) is 0 Å². The van der Waals surface area contributed by atoms with Crippen LogP contribution in [0.4, 0.5) is 4.79 Å². The molecule has 0 radical (unpaired) electrons. The van der Waals surface area contributed by atoms with Crippen LogP contribution in [0, 0.1) is 5.92 Å². The Kier molecular flexibility index (Phi) is 9.88. The van der Waals surface area contributed by atoms with E-state index in [0.717, 1.165) is 24.0 Å². The summed E-state index contributed by atoms with van der Waals surface area (Å²) in [7, 11) is 0. The zero-order valence-electron chi connectivity index (χ0n) is 22.6. The van der Waals surface area contributed by atoms with Gasteiger partial charge in [0.15, 0.2) is 5.78 Å². The first-order valence-electron chi connectivity index (χ1n) is 13.7. The summed E-state index contributed by atoms with van der Waals surface area (Å²) in [6.45, 7) is 1.69.